The van der Waals surface area contributed by atoms with E-state index in [-0.39, 0.29) is 11.5 Å². The van der Waals surface area contributed by atoms with Crippen molar-refractivity contribution in [3.63, 3.8) is 0 Å². The van der Waals surface area contributed by atoms with Crippen molar-refractivity contribution in [2.75, 3.05) is 13.2 Å². The molecular formula is C16H26ClNO2. The van der Waals surface area contributed by atoms with E-state index in [0.717, 1.165) is 12.0 Å². The van der Waals surface area contributed by atoms with Crippen molar-refractivity contribution in [2.45, 2.75) is 47.1 Å². The lowest BCUT2D eigenvalue weighted by molar-refractivity contribution is 0.272. The molecule has 1 atom stereocenters. The highest BCUT2D eigenvalue weighted by Gasteiger charge is 2.28. The van der Waals surface area contributed by atoms with Crippen molar-refractivity contribution in [2.24, 2.45) is 11.1 Å². The first-order valence-corrected chi connectivity index (χ1v) is 7.59. The van der Waals surface area contributed by atoms with E-state index in [2.05, 4.69) is 20.8 Å². The minimum atomic E-state index is -0.144. The Balaban J connectivity index is 3.24. The van der Waals surface area contributed by atoms with E-state index >= 15 is 0 Å². The SMILES string of the molecule is CCOc1cc(Cl)c(C(N)C(C)(C)CC)cc1OCC. The molecule has 1 aromatic rings. The third kappa shape index (κ3) is 3.80. The fourth-order valence-corrected chi connectivity index (χ4v) is 2.24. The summed E-state index contributed by atoms with van der Waals surface area (Å²) in [7, 11) is 0. The Bertz CT molecular complexity index is 446. The molecule has 0 aromatic heterocycles. The van der Waals surface area contributed by atoms with Gasteiger partial charge in [0, 0.05) is 17.1 Å². The first-order chi connectivity index (χ1) is 9.37. The molecule has 2 N–H and O–H groups in total. The van der Waals surface area contributed by atoms with Gasteiger partial charge in [-0.2, -0.15) is 0 Å². The van der Waals surface area contributed by atoms with E-state index in [0.29, 0.717) is 29.7 Å². The summed E-state index contributed by atoms with van der Waals surface area (Å²) in [5.74, 6) is 1.38. The monoisotopic (exact) mass is 299 g/mol. The minimum Gasteiger partial charge on any atom is -0.490 e. The molecule has 20 heavy (non-hydrogen) atoms. The van der Waals surface area contributed by atoms with Gasteiger partial charge in [0.1, 0.15) is 0 Å². The van der Waals surface area contributed by atoms with Crippen LogP contribution < -0.4 is 15.2 Å². The maximum Gasteiger partial charge on any atom is 0.162 e. The second-order valence-electron chi connectivity index (χ2n) is 5.51. The van der Waals surface area contributed by atoms with Crippen molar-refractivity contribution in [1.82, 2.24) is 0 Å². The van der Waals surface area contributed by atoms with Crippen molar-refractivity contribution in [3.05, 3.63) is 22.7 Å². The molecule has 1 unspecified atom stereocenters. The van der Waals surface area contributed by atoms with Crippen LogP contribution >= 0.6 is 11.6 Å². The van der Waals surface area contributed by atoms with Crippen LogP contribution in [0.4, 0.5) is 0 Å². The zero-order chi connectivity index (χ0) is 15.3. The largest absolute Gasteiger partial charge is 0.490 e. The Kier molecular flexibility index (Phi) is 6.15. The molecule has 0 aliphatic carbocycles. The van der Waals surface area contributed by atoms with Crippen LogP contribution in [0.5, 0.6) is 11.5 Å². The highest BCUT2D eigenvalue weighted by Crippen LogP contribution is 2.42. The molecule has 0 spiro atoms. The van der Waals surface area contributed by atoms with Crippen LogP contribution in [0, 0.1) is 5.41 Å². The van der Waals surface area contributed by atoms with Crippen LogP contribution in [0.25, 0.3) is 0 Å². The lowest BCUT2D eigenvalue weighted by atomic mass is 9.79. The van der Waals surface area contributed by atoms with Gasteiger partial charge in [0.15, 0.2) is 11.5 Å². The van der Waals surface area contributed by atoms with Gasteiger partial charge in [-0.3, -0.25) is 0 Å². The number of nitrogens with two attached hydrogens (primary N) is 1. The average Bonchev–Trinajstić information content (AvgIpc) is 2.41. The van der Waals surface area contributed by atoms with Crippen LogP contribution in [0.3, 0.4) is 0 Å². The number of halogens is 1. The molecular weight excluding hydrogens is 274 g/mol. The molecule has 0 radical (unpaired) electrons. The van der Waals surface area contributed by atoms with Crippen LogP contribution in [0.2, 0.25) is 5.02 Å². The predicted octanol–water partition coefficient (Wildman–Crippen LogP) is 4.57. The Morgan fingerprint density at radius 1 is 1.10 bits per heavy atom. The number of benzene rings is 1. The van der Waals surface area contributed by atoms with Crippen LogP contribution in [0.15, 0.2) is 12.1 Å². The van der Waals surface area contributed by atoms with E-state index < -0.39 is 0 Å². The molecule has 0 bridgehead atoms. The van der Waals surface area contributed by atoms with E-state index in [1.54, 1.807) is 6.07 Å². The second kappa shape index (κ2) is 7.19. The van der Waals surface area contributed by atoms with Crippen molar-refractivity contribution >= 4 is 11.6 Å². The summed E-state index contributed by atoms with van der Waals surface area (Å²) in [6.07, 6.45) is 0.974. The van der Waals surface area contributed by atoms with Gasteiger partial charge in [-0.15, -0.1) is 0 Å². The first kappa shape index (κ1) is 17.1. The molecule has 1 rings (SSSR count). The van der Waals surface area contributed by atoms with Crippen LogP contribution in [-0.4, -0.2) is 13.2 Å². The van der Waals surface area contributed by atoms with E-state index in [1.165, 1.54) is 0 Å². The number of ether oxygens (including phenoxy) is 2. The molecule has 1 aromatic carbocycles. The van der Waals surface area contributed by atoms with Gasteiger partial charge >= 0.3 is 0 Å². The summed E-state index contributed by atoms with van der Waals surface area (Å²) in [5, 5.41) is 0.630. The van der Waals surface area contributed by atoms with Crippen molar-refractivity contribution in [3.8, 4) is 11.5 Å². The normalized spacial score (nSPS) is 13.2. The quantitative estimate of drug-likeness (QED) is 0.802. The van der Waals surface area contributed by atoms with Gasteiger partial charge in [-0.1, -0.05) is 32.4 Å². The van der Waals surface area contributed by atoms with Crippen LogP contribution in [0.1, 0.15) is 52.6 Å². The highest BCUT2D eigenvalue weighted by molar-refractivity contribution is 6.31. The standard InChI is InChI=1S/C16H26ClNO2/c1-6-16(4,5)15(18)11-9-13(19-7-2)14(20-8-3)10-12(11)17/h9-10,15H,6-8,18H2,1-5H3. The summed E-state index contributed by atoms with van der Waals surface area (Å²) in [5.41, 5.74) is 7.27. The number of rotatable bonds is 7. The Morgan fingerprint density at radius 2 is 1.60 bits per heavy atom. The third-order valence-corrected chi connectivity index (χ3v) is 4.08. The maximum absolute atomic E-state index is 6.39. The molecule has 0 saturated heterocycles. The molecule has 0 aliphatic rings. The van der Waals surface area contributed by atoms with E-state index in [4.69, 9.17) is 26.8 Å². The lowest BCUT2D eigenvalue weighted by Crippen LogP contribution is -2.28. The molecule has 0 aliphatic heterocycles. The Hall–Kier alpha value is -0.930. The van der Waals surface area contributed by atoms with Gasteiger partial charge < -0.3 is 15.2 Å². The Morgan fingerprint density at radius 3 is 2.05 bits per heavy atom. The second-order valence-corrected chi connectivity index (χ2v) is 5.91. The average molecular weight is 300 g/mol. The topological polar surface area (TPSA) is 44.5 Å². The molecule has 0 fully saturated rings. The van der Waals surface area contributed by atoms with Crippen molar-refractivity contribution in [1.29, 1.82) is 0 Å². The highest BCUT2D eigenvalue weighted by atomic mass is 35.5. The molecule has 0 amide bonds. The molecule has 0 heterocycles. The number of hydrogen-bond donors (Lipinski definition) is 1. The maximum atomic E-state index is 6.39. The van der Waals surface area contributed by atoms with Gasteiger partial charge in [-0.05, 0) is 37.3 Å². The lowest BCUT2D eigenvalue weighted by Gasteiger charge is -2.31. The minimum absolute atomic E-state index is 0.0275. The summed E-state index contributed by atoms with van der Waals surface area (Å²) in [4.78, 5) is 0. The van der Waals surface area contributed by atoms with E-state index in [1.807, 2.05) is 19.9 Å². The fourth-order valence-electron chi connectivity index (χ4n) is 1.97. The van der Waals surface area contributed by atoms with Gasteiger partial charge in [0.05, 0.1) is 13.2 Å². The summed E-state index contributed by atoms with van der Waals surface area (Å²) >= 11 is 6.38. The zero-order valence-electron chi connectivity index (χ0n) is 13.1. The number of hydrogen-bond acceptors (Lipinski definition) is 3. The molecule has 0 saturated carbocycles. The predicted molar refractivity (Wildman–Crippen MR) is 84.8 cm³/mol. The smallest absolute Gasteiger partial charge is 0.162 e. The van der Waals surface area contributed by atoms with Gasteiger partial charge in [0.2, 0.25) is 0 Å². The third-order valence-electron chi connectivity index (χ3n) is 3.75. The van der Waals surface area contributed by atoms with Gasteiger partial charge in [-0.25, -0.2) is 0 Å². The summed E-state index contributed by atoms with van der Waals surface area (Å²) in [6.45, 7) is 11.4. The van der Waals surface area contributed by atoms with Gasteiger partial charge in [0.25, 0.3) is 0 Å². The fraction of sp³-hybridized carbons (Fsp3) is 0.625. The molecule has 114 valence electrons. The van der Waals surface area contributed by atoms with Crippen LogP contribution in [-0.2, 0) is 0 Å². The summed E-state index contributed by atoms with van der Waals surface area (Å²) < 4.78 is 11.2. The summed E-state index contributed by atoms with van der Waals surface area (Å²) in [6, 6.07) is 3.57. The zero-order valence-corrected chi connectivity index (χ0v) is 13.9. The van der Waals surface area contributed by atoms with E-state index in [9.17, 15) is 0 Å². The molecule has 4 heteroatoms. The van der Waals surface area contributed by atoms with Crippen molar-refractivity contribution < 1.29 is 9.47 Å². The first-order valence-electron chi connectivity index (χ1n) is 7.21. The molecule has 3 nitrogen and oxygen atoms in total. The Labute approximate surface area is 127 Å².